The van der Waals surface area contributed by atoms with Crippen LogP contribution in [0, 0.1) is 17.2 Å². The molecule has 0 aliphatic heterocycles. The Morgan fingerprint density at radius 2 is 1.94 bits per heavy atom. The van der Waals surface area contributed by atoms with Crippen LogP contribution in [0.5, 0.6) is 0 Å². The molecule has 1 rings (SSSR count). The zero-order valence-corrected chi connectivity index (χ0v) is 10.1. The average molecular weight is 216 g/mol. The summed E-state index contributed by atoms with van der Waals surface area (Å²) >= 11 is 0. The quantitative estimate of drug-likeness (QED) is 0.741. The molecule has 1 N–H and O–H groups in total. The molecular weight excluding hydrogens is 196 g/mol. The van der Waals surface area contributed by atoms with Crippen molar-refractivity contribution in [3.05, 3.63) is 35.9 Å². The van der Waals surface area contributed by atoms with Crippen LogP contribution in [0.2, 0.25) is 0 Å². The summed E-state index contributed by atoms with van der Waals surface area (Å²) in [5, 5.41) is 12.0. The van der Waals surface area contributed by atoms with Gasteiger partial charge in [0.2, 0.25) is 0 Å². The summed E-state index contributed by atoms with van der Waals surface area (Å²) in [7, 11) is 0. The highest BCUT2D eigenvalue weighted by atomic mass is 14.9. The van der Waals surface area contributed by atoms with Crippen LogP contribution in [0.15, 0.2) is 30.3 Å². The molecule has 0 fully saturated rings. The van der Waals surface area contributed by atoms with Gasteiger partial charge in [-0.2, -0.15) is 5.26 Å². The second-order valence-electron chi connectivity index (χ2n) is 4.35. The van der Waals surface area contributed by atoms with Gasteiger partial charge in [-0.15, -0.1) is 0 Å². The maximum absolute atomic E-state index is 8.48. The zero-order chi connectivity index (χ0) is 11.8. The van der Waals surface area contributed by atoms with Gasteiger partial charge in [-0.1, -0.05) is 44.2 Å². The molecule has 0 bridgehead atoms. The number of nitrogens with one attached hydrogen (secondary N) is 1. The first-order chi connectivity index (χ1) is 7.75. The van der Waals surface area contributed by atoms with Gasteiger partial charge in [0, 0.05) is 12.5 Å². The molecule has 0 saturated carbocycles. The average Bonchev–Trinajstić information content (AvgIpc) is 2.30. The molecule has 2 heteroatoms. The van der Waals surface area contributed by atoms with Crippen LogP contribution in [0.3, 0.4) is 0 Å². The maximum atomic E-state index is 8.48. The van der Waals surface area contributed by atoms with Crippen molar-refractivity contribution in [2.75, 3.05) is 6.54 Å². The highest BCUT2D eigenvalue weighted by molar-refractivity contribution is 5.19. The number of nitriles is 1. The predicted molar refractivity (Wildman–Crippen MR) is 66.9 cm³/mol. The lowest BCUT2D eigenvalue weighted by molar-refractivity contribution is 0.410. The molecular formula is C14H20N2. The molecule has 0 heterocycles. The standard InChI is InChI=1S/C14H20N2/c1-12(2)14(16-11-7-6-10-15)13-8-4-3-5-9-13/h3-5,8-9,12,14,16H,6-7,11H2,1-2H3. The molecule has 0 spiro atoms. The van der Waals surface area contributed by atoms with Gasteiger partial charge in [-0.05, 0) is 24.4 Å². The number of hydrogen-bond acceptors (Lipinski definition) is 2. The van der Waals surface area contributed by atoms with Gasteiger partial charge in [0.05, 0.1) is 6.07 Å². The van der Waals surface area contributed by atoms with Crippen LogP contribution in [0.1, 0.15) is 38.3 Å². The van der Waals surface area contributed by atoms with Crippen molar-refractivity contribution < 1.29 is 0 Å². The minimum atomic E-state index is 0.389. The summed E-state index contributed by atoms with van der Waals surface area (Å²) in [5.41, 5.74) is 1.33. The van der Waals surface area contributed by atoms with E-state index in [1.165, 1.54) is 5.56 Å². The Balaban J connectivity index is 2.53. The first-order valence-electron chi connectivity index (χ1n) is 5.91. The minimum absolute atomic E-state index is 0.389. The van der Waals surface area contributed by atoms with Crippen LogP contribution >= 0.6 is 0 Å². The molecule has 0 radical (unpaired) electrons. The Bertz CT molecular complexity index is 324. The molecule has 0 amide bonds. The largest absolute Gasteiger partial charge is 0.310 e. The summed E-state index contributed by atoms with van der Waals surface area (Å²) in [5.74, 6) is 0.560. The molecule has 16 heavy (non-hydrogen) atoms. The molecule has 1 unspecified atom stereocenters. The van der Waals surface area contributed by atoms with E-state index in [2.05, 4.69) is 49.5 Å². The summed E-state index contributed by atoms with van der Waals surface area (Å²) in [6.07, 6.45) is 1.55. The third-order valence-electron chi connectivity index (χ3n) is 2.65. The molecule has 0 aliphatic rings. The van der Waals surface area contributed by atoms with Gasteiger partial charge in [-0.3, -0.25) is 0 Å². The maximum Gasteiger partial charge on any atom is 0.0622 e. The fraction of sp³-hybridized carbons (Fsp3) is 0.500. The molecule has 86 valence electrons. The van der Waals surface area contributed by atoms with E-state index in [0.717, 1.165) is 13.0 Å². The SMILES string of the molecule is CC(C)C(NCCCC#N)c1ccccc1. The monoisotopic (exact) mass is 216 g/mol. The zero-order valence-electron chi connectivity index (χ0n) is 10.1. The van der Waals surface area contributed by atoms with Crippen molar-refractivity contribution in [1.82, 2.24) is 5.32 Å². The van der Waals surface area contributed by atoms with Crippen molar-refractivity contribution in [2.24, 2.45) is 5.92 Å². The molecule has 0 aliphatic carbocycles. The number of nitrogens with zero attached hydrogens (tertiary/aromatic N) is 1. The lowest BCUT2D eigenvalue weighted by Gasteiger charge is -2.22. The first-order valence-corrected chi connectivity index (χ1v) is 5.91. The predicted octanol–water partition coefficient (Wildman–Crippen LogP) is 3.28. The van der Waals surface area contributed by atoms with Gasteiger partial charge < -0.3 is 5.32 Å². The van der Waals surface area contributed by atoms with Crippen molar-refractivity contribution >= 4 is 0 Å². The van der Waals surface area contributed by atoms with E-state index in [0.29, 0.717) is 18.4 Å². The summed E-state index contributed by atoms with van der Waals surface area (Å²) < 4.78 is 0. The fourth-order valence-electron chi connectivity index (χ4n) is 1.82. The van der Waals surface area contributed by atoms with Gasteiger partial charge in [0.1, 0.15) is 0 Å². The Kier molecular flexibility index (Phi) is 5.60. The van der Waals surface area contributed by atoms with E-state index < -0.39 is 0 Å². The molecule has 0 aromatic heterocycles. The third kappa shape index (κ3) is 4.04. The summed E-state index contributed by atoms with van der Waals surface area (Å²) in [6.45, 7) is 5.34. The van der Waals surface area contributed by atoms with E-state index in [-0.39, 0.29) is 0 Å². The van der Waals surface area contributed by atoms with Crippen LogP contribution in [0.25, 0.3) is 0 Å². The van der Waals surface area contributed by atoms with E-state index in [9.17, 15) is 0 Å². The van der Waals surface area contributed by atoms with Crippen molar-refractivity contribution in [3.8, 4) is 6.07 Å². The van der Waals surface area contributed by atoms with E-state index in [1.54, 1.807) is 0 Å². The van der Waals surface area contributed by atoms with E-state index in [1.807, 2.05) is 6.07 Å². The Morgan fingerprint density at radius 1 is 1.25 bits per heavy atom. The number of hydrogen-bond donors (Lipinski definition) is 1. The smallest absolute Gasteiger partial charge is 0.0622 e. The molecule has 1 aromatic rings. The Hall–Kier alpha value is -1.33. The number of benzene rings is 1. The Labute approximate surface area is 98.3 Å². The van der Waals surface area contributed by atoms with Crippen LogP contribution < -0.4 is 5.32 Å². The molecule has 1 aromatic carbocycles. The second kappa shape index (κ2) is 7.03. The summed E-state index contributed by atoms with van der Waals surface area (Å²) in [6, 6.07) is 13.0. The van der Waals surface area contributed by atoms with Crippen LogP contribution in [0.4, 0.5) is 0 Å². The van der Waals surface area contributed by atoms with Crippen molar-refractivity contribution in [3.63, 3.8) is 0 Å². The number of rotatable bonds is 6. The molecule has 0 saturated heterocycles. The molecule has 2 nitrogen and oxygen atoms in total. The second-order valence-corrected chi connectivity index (χ2v) is 4.35. The van der Waals surface area contributed by atoms with Gasteiger partial charge in [0.15, 0.2) is 0 Å². The molecule has 1 atom stereocenters. The highest BCUT2D eigenvalue weighted by Gasteiger charge is 2.13. The minimum Gasteiger partial charge on any atom is -0.310 e. The Morgan fingerprint density at radius 3 is 2.50 bits per heavy atom. The van der Waals surface area contributed by atoms with Crippen LogP contribution in [-0.4, -0.2) is 6.54 Å². The van der Waals surface area contributed by atoms with Gasteiger partial charge in [0.25, 0.3) is 0 Å². The highest BCUT2D eigenvalue weighted by Crippen LogP contribution is 2.20. The lowest BCUT2D eigenvalue weighted by atomic mass is 9.96. The van der Waals surface area contributed by atoms with Crippen molar-refractivity contribution in [2.45, 2.75) is 32.7 Å². The lowest BCUT2D eigenvalue weighted by Crippen LogP contribution is -2.26. The van der Waals surface area contributed by atoms with Gasteiger partial charge in [-0.25, -0.2) is 0 Å². The summed E-state index contributed by atoms with van der Waals surface area (Å²) in [4.78, 5) is 0. The van der Waals surface area contributed by atoms with E-state index >= 15 is 0 Å². The van der Waals surface area contributed by atoms with E-state index in [4.69, 9.17) is 5.26 Å². The number of unbranched alkanes of at least 4 members (excludes halogenated alkanes) is 1. The third-order valence-corrected chi connectivity index (χ3v) is 2.65. The topological polar surface area (TPSA) is 35.8 Å². The van der Waals surface area contributed by atoms with Crippen molar-refractivity contribution in [1.29, 1.82) is 5.26 Å². The first kappa shape index (κ1) is 12.7. The van der Waals surface area contributed by atoms with Crippen LogP contribution in [-0.2, 0) is 0 Å². The fourth-order valence-corrected chi connectivity index (χ4v) is 1.82. The normalized spacial score (nSPS) is 12.4. The van der Waals surface area contributed by atoms with Gasteiger partial charge >= 0.3 is 0 Å².